The van der Waals surface area contributed by atoms with Gasteiger partial charge in [-0.2, -0.15) is 0 Å². The molecule has 1 amide bonds. The number of carbonyl (C=O) groups excluding carboxylic acids is 1. The minimum absolute atomic E-state index is 0.277. The maximum Gasteiger partial charge on any atom is 0.222 e. The van der Waals surface area contributed by atoms with Crippen molar-refractivity contribution in [3.05, 3.63) is 0 Å². The van der Waals surface area contributed by atoms with Crippen LogP contribution in [0.25, 0.3) is 0 Å². The van der Waals surface area contributed by atoms with E-state index in [1.165, 1.54) is 0 Å². The Balaban J connectivity index is 2.29. The van der Waals surface area contributed by atoms with E-state index >= 15 is 0 Å². The van der Waals surface area contributed by atoms with Gasteiger partial charge in [0.1, 0.15) is 0 Å². The van der Waals surface area contributed by atoms with Gasteiger partial charge in [0, 0.05) is 33.2 Å². The number of ether oxygens (including phenoxy) is 1. The minimum Gasteiger partial charge on any atom is -0.381 e. The van der Waals surface area contributed by atoms with Crippen LogP contribution in [0.4, 0.5) is 0 Å². The van der Waals surface area contributed by atoms with Crippen LogP contribution in [0, 0.1) is 17.8 Å². The van der Waals surface area contributed by atoms with Crippen LogP contribution < -0.4 is 5.73 Å². The van der Waals surface area contributed by atoms with Crippen molar-refractivity contribution < 1.29 is 9.53 Å². The number of nitrogens with zero attached hydrogens (tertiary/aromatic N) is 1. The number of nitrogens with two attached hydrogens (primary N) is 1. The smallest absolute Gasteiger partial charge is 0.222 e. The molecule has 20 heavy (non-hydrogen) atoms. The van der Waals surface area contributed by atoms with Crippen molar-refractivity contribution in [3.63, 3.8) is 0 Å². The number of amides is 1. The van der Waals surface area contributed by atoms with Crippen molar-refractivity contribution in [2.75, 3.05) is 33.4 Å². The molecule has 1 aliphatic heterocycles. The van der Waals surface area contributed by atoms with E-state index in [1.54, 1.807) is 0 Å². The Morgan fingerprint density at radius 3 is 2.50 bits per heavy atom. The van der Waals surface area contributed by atoms with Gasteiger partial charge in [-0.3, -0.25) is 4.79 Å². The van der Waals surface area contributed by atoms with Crippen LogP contribution in [0.5, 0.6) is 0 Å². The summed E-state index contributed by atoms with van der Waals surface area (Å²) in [7, 11) is 1.94. The second-order valence-corrected chi connectivity index (χ2v) is 6.45. The quantitative estimate of drug-likeness (QED) is 0.744. The topological polar surface area (TPSA) is 55.6 Å². The summed E-state index contributed by atoms with van der Waals surface area (Å²) in [5.74, 6) is 2.06. The molecule has 0 aromatic heterocycles. The van der Waals surface area contributed by atoms with Gasteiger partial charge < -0.3 is 15.4 Å². The molecule has 2 N–H and O–H groups in total. The number of carbonyl (C=O) groups is 1. The van der Waals surface area contributed by atoms with Crippen LogP contribution in [-0.4, -0.2) is 44.2 Å². The Labute approximate surface area is 124 Å². The number of hydrogen-bond donors (Lipinski definition) is 1. The second-order valence-electron chi connectivity index (χ2n) is 6.45. The van der Waals surface area contributed by atoms with Gasteiger partial charge in [-0.1, -0.05) is 13.8 Å². The van der Waals surface area contributed by atoms with Gasteiger partial charge in [-0.05, 0) is 50.0 Å². The first-order chi connectivity index (χ1) is 9.54. The third-order valence-corrected chi connectivity index (χ3v) is 4.51. The van der Waals surface area contributed by atoms with Crippen LogP contribution in [0.15, 0.2) is 0 Å². The van der Waals surface area contributed by atoms with Gasteiger partial charge in [-0.25, -0.2) is 0 Å². The van der Waals surface area contributed by atoms with Crippen LogP contribution in [0.2, 0.25) is 0 Å². The third-order valence-electron chi connectivity index (χ3n) is 4.51. The fraction of sp³-hybridized carbons (Fsp3) is 0.938. The van der Waals surface area contributed by atoms with Gasteiger partial charge in [-0.15, -0.1) is 0 Å². The molecule has 1 unspecified atom stereocenters. The minimum atomic E-state index is 0.277. The summed E-state index contributed by atoms with van der Waals surface area (Å²) in [6.07, 6.45) is 4.81. The van der Waals surface area contributed by atoms with Crippen molar-refractivity contribution in [2.24, 2.45) is 23.5 Å². The second kappa shape index (κ2) is 9.35. The highest BCUT2D eigenvalue weighted by molar-refractivity contribution is 5.75. The predicted octanol–water partition coefficient (Wildman–Crippen LogP) is 2.27. The largest absolute Gasteiger partial charge is 0.381 e. The lowest BCUT2D eigenvalue weighted by Crippen LogP contribution is -2.34. The molecule has 0 bridgehead atoms. The van der Waals surface area contributed by atoms with E-state index in [4.69, 9.17) is 10.5 Å². The first-order valence-electron chi connectivity index (χ1n) is 8.06. The van der Waals surface area contributed by atoms with E-state index in [0.717, 1.165) is 52.0 Å². The molecule has 1 rings (SSSR count). The lowest BCUT2D eigenvalue weighted by Gasteiger charge is -2.28. The molecule has 1 heterocycles. The fourth-order valence-electron chi connectivity index (χ4n) is 2.94. The van der Waals surface area contributed by atoms with E-state index in [9.17, 15) is 4.79 Å². The summed E-state index contributed by atoms with van der Waals surface area (Å²) in [5, 5.41) is 0. The Morgan fingerprint density at radius 2 is 1.95 bits per heavy atom. The zero-order valence-electron chi connectivity index (χ0n) is 13.4. The highest BCUT2D eigenvalue weighted by Crippen LogP contribution is 2.21. The Hall–Kier alpha value is -0.610. The molecule has 0 saturated carbocycles. The highest BCUT2D eigenvalue weighted by Gasteiger charge is 2.20. The van der Waals surface area contributed by atoms with Crippen molar-refractivity contribution in [1.82, 2.24) is 4.90 Å². The van der Waals surface area contributed by atoms with E-state index in [0.29, 0.717) is 24.2 Å². The van der Waals surface area contributed by atoms with Crippen molar-refractivity contribution in [3.8, 4) is 0 Å². The van der Waals surface area contributed by atoms with Crippen molar-refractivity contribution in [1.29, 1.82) is 0 Å². The molecular formula is C16H32N2O2. The van der Waals surface area contributed by atoms with Crippen LogP contribution in [0.1, 0.15) is 46.0 Å². The number of hydrogen-bond acceptors (Lipinski definition) is 3. The maximum atomic E-state index is 12.2. The van der Waals surface area contributed by atoms with E-state index in [1.807, 2.05) is 11.9 Å². The Kier molecular flexibility index (Phi) is 8.15. The van der Waals surface area contributed by atoms with Crippen LogP contribution >= 0.6 is 0 Å². The standard InChI is InChI=1S/C16H32N2O2/c1-13(2)15(6-9-17)4-5-16(19)18(3)12-14-7-10-20-11-8-14/h13-15H,4-12,17H2,1-3H3. The summed E-state index contributed by atoms with van der Waals surface area (Å²) in [6, 6.07) is 0. The van der Waals surface area contributed by atoms with Gasteiger partial charge in [0.15, 0.2) is 0 Å². The normalized spacial score (nSPS) is 18.2. The van der Waals surface area contributed by atoms with Crippen molar-refractivity contribution in [2.45, 2.75) is 46.0 Å². The van der Waals surface area contributed by atoms with Gasteiger partial charge >= 0.3 is 0 Å². The zero-order chi connectivity index (χ0) is 15.0. The van der Waals surface area contributed by atoms with Crippen LogP contribution in [0.3, 0.4) is 0 Å². The van der Waals surface area contributed by atoms with Gasteiger partial charge in [0.2, 0.25) is 5.91 Å². The molecule has 0 spiro atoms. The average molecular weight is 284 g/mol. The van der Waals surface area contributed by atoms with Crippen LogP contribution in [-0.2, 0) is 9.53 Å². The fourth-order valence-corrected chi connectivity index (χ4v) is 2.94. The molecule has 4 nitrogen and oxygen atoms in total. The maximum absolute atomic E-state index is 12.2. The van der Waals surface area contributed by atoms with E-state index in [-0.39, 0.29) is 5.91 Å². The summed E-state index contributed by atoms with van der Waals surface area (Å²) in [6.45, 7) is 7.73. The summed E-state index contributed by atoms with van der Waals surface area (Å²) < 4.78 is 5.36. The average Bonchev–Trinajstić information content (AvgIpc) is 2.43. The van der Waals surface area contributed by atoms with Gasteiger partial charge in [0.05, 0.1) is 0 Å². The summed E-state index contributed by atoms with van der Waals surface area (Å²) in [4.78, 5) is 14.1. The first kappa shape index (κ1) is 17.4. The zero-order valence-corrected chi connectivity index (χ0v) is 13.4. The molecule has 0 aromatic carbocycles. The number of rotatable bonds is 8. The third kappa shape index (κ3) is 6.23. The molecule has 1 fully saturated rings. The molecule has 1 atom stereocenters. The molecule has 0 radical (unpaired) electrons. The SMILES string of the molecule is CC(C)C(CCN)CCC(=O)N(C)CC1CCOCC1. The molecule has 0 aliphatic carbocycles. The molecule has 1 aliphatic rings. The predicted molar refractivity (Wildman–Crippen MR) is 82.4 cm³/mol. The van der Waals surface area contributed by atoms with Crippen molar-refractivity contribution >= 4 is 5.91 Å². The lowest BCUT2D eigenvalue weighted by molar-refractivity contribution is -0.131. The summed E-state index contributed by atoms with van der Waals surface area (Å²) in [5.41, 5.74) is 5.65. The molecule has 1 saturated heterocycles. The Bertz CT molecular complexity index is 276. The highest BCUT2D eigenvalue weighted by atomic mass is 16.5. The first-order valence-corrected chi connectivity index (χ1v) is 8.06. The summed E-state index contributed by atoms with van der Waals surface area (Å²) >= 11 is 0. The van der Waals surface area contributed by atoms with E-state index in [2.05, 4.69) is 13.8 Å². The lowest BCUT2D eigenvalue weighted by atomic mass is 9.88. The molecule has 0 aromatic rings. The monoisotopic (exact) mass is 284 g/mol. The molecule has 118 valence electrons. The Morgan fingerprint density at radius 1 is 1.30 bits per heavy atom. The molecule has 4 heteroatoms. The van der Waals surface area contributed by atoms with Gasteiger partial charge in [0.25, 0.3) is 0 Å². The molecular weight excluding hydrogens is 252 g/mol. The van der Waals surface area contributed by atoms with E-state index < -0.39 is 0 Å².